The summed E-state index contributed by atoms with van der Waals surface area (Å²) < 4.78 is 1.75. The van der Waals surface area contributed by atoms with Crippen LogP contribution in [0.1, 0.15) is 25.5 Å². The first kappa shape index (κ1) is 10.3. The highest BCUT2D eigenvalue weighted by molar-refractivity contribution is 5.66. The van der Waals surface area contributed by atoms with Gasteiger partial charge in [0.15, 0.2) is 0 Å². The Bertz CT molecular complexity index is 368. The Morgan fingerprint density at radius 1 is 1.60 bits per heavy atom. The molecule has 0 radical (unpaired) electrons. The number of aromatic nitrogens is 2. The minimum atomic E-state index is -0.146. The SMILES string of the molecule is CCc1nn(C)c(NC2(CO)CC2)c1N. The van der Waals surface area contributed by atoms with Crippen molar-refractivity contribution < 1.29 is 5.11 Å². The maximum absolute atomic E-state index is 9.23. The van der Waals surface area contributed by atoms with Crippen LogP contribution in [0.5, 0.6) is 0 Å². The summed E-state index contributed by atoms with van der Waals surface area (Å²) >= 11 is 0. The fourth-order valence-electron chi connectivity index (χ4n) is 1.73. The molecule has 1 aromatic rings. The van der Waals surface area contributed by atoms with Crippen molar-refractivity contribution in [3.05, 3.63) is 5.69 Å². The van der Waals surface area contributed by atoms with Gasteiger partial charge in [-0.15, -0.1) is 0 Å². The number of nitrogens with one attached hydrogen (secondary N) is 1. The van der Waals surface area contributed by atoms with Crippen LogP contribution < -0.4 is 11.1 Å². The fourth-order valence-corrected chi connectivity index (χ4v) is 1.73. The summed E-state index contributed by atoms with van der Waals surface area (Å²) in [6.45, 7) is 2.18. The highest BCUT2D eigenvalue weighted by Crippen LogP contribution is 2.40. The number of hydrogen-bond acceptors (Lipinski definition) is 4. The molecule has 0 spiro atoms. The van der Waals surface area contributed by atoms with Gasteiger partial charge in [0, 0.05) is 7.05 Å². The first-order valence-electron chi connectivity index (χ1n) is 5.32. The van der Waals surface area contributed by atoms with Crippen LogP contribution in [0.25, 0.3) is 0 Å². The molecule has 84 valence electrons. The average molecular weight is 210 g/mol. The van der Waals surface area contributed by atoms with Crippen LogP contribution >= 0.6 is 0 Å². The predicted molar refractivity (Wildman–Crippen MR) is 59.7 cm³/mol. The van der Waals surface area contributed by atoms with Gasteiger partial charge < -0.3 is 16.2 Å². The van der Waals surface area contributed by atoms with Crippen molar-refractivity contribution in [3.63, 3.8) is 0 Å². The third-order valence-electron chi connectivity index (χ3n) is 3.04. The van der Waals surface area contributed by atoms with Gasteiger partial charge >= 0.3 is 0 Å². The Morgan fingerprint density at radius 2 is 2.27 bits per heavy atom. The number of nitrogens with zero attached hydrogens (tertiary/aromatic N) is 2. The number of nitrogens with two attached hydrogens (primary N) is 1. The molecular formula is C10H18N4O. The van der Waals surface area contributed by atoms with E-state index in [0.717, 1.165) is 30.8 Å². The second-order valence-corrected chi connectivity index (χ2v) is 4.25. The molecule has 1 aliphatic carbocycles. The molecule has 1 fully saturated rings. The number of aliphatic hydroxyl groups is 1. The van der Waals surface area contributed by atoms with Crippen molar-refractivity contribution in [3.8, 4) is 0 Å². The second-order valence-electron chi connectivity index (χ2n) is 4.25. The van der Waals surface area contributed by atoms with Gasteiger partial charge in [-0.2, -0.15) is 5.10 Å². The summed E-state index contributed by atoms with van der Waals surface area (Å²) in [5, 5.41) is 16.8. The van der Waals surface area contributed by atoms with Crippen molar-refractivity contribution in [1.29, 1.82) is 0 Å². The van der Waals surface area contributed by atoms with Crippen molar-refractivity contribution >= 4 is 11.5 Å². The fraction of sp³-hybridized carbons (Fsp3) is 0.700. The number of rotatable bonds is 4. The molecule has 1 aromatic heterocycles. The number of nitrogen functional groups attached to an aromatic ring is 1. The van der Waals surface area contributed by atoms with E-state index in [1.165, 1.54) is 0 Å². The molecule has 0 unspecified atom stereocenters. The molecule has 4 N–H and O–H groups in total. The van der Waals surface area contributed by atoms with Gasteiger partial charge in [-0.05, 0) is 19.3 Å². The largest absolute Gasteiger partial charge is 0.394 e. The van der Waals surface area contributed by atoms with Crippen LogP contribution in [0.3, 0.4) is 0 Å². The number of hydrogen-bond donors (Lipinski definition) is 3. The highest BCUT2D eigenvalue weighted by atomic mass is 16.3. The standard InChI is InChI=1S/C10H18N4O/c1-3-7-8(11)9(14(2)13-7)12-10(6-15)4-5-10/h12,15H,3-6,11H2,1-2H3. The topological polar surface area (TPSA) is 76.1 Å². The van der Waals surface area contributed by atoms with Gasteiger partial charge in [0.25, 0.3) is 0 Å². The molecular weight excluding hydrogens is 192 g/mol. The average Bonchev–Trinajstić information content (AvgIpc) is 2.96. The maximum Gasteiger partial charge on any atom is 0.148 e. The molecule has 15 heavy (non-hydrogen) atoms. The molecule has 2 rings (SSSR count). The molecule has 1 aliphatic rings. The minimum absolute atomic E-state index is 0.146. The first-order valence-corrected chi connectivity index (χ1v) is 5.32. The zero-order valence-electron chi connectivity index (χ0n) is 9.25. The lowest BCUT2D eigenvalue weighted by molar-refractivity contribution is 0.265. The Labute approximate surface area is 89.3 Å². The molecule has 0 atom stereocenters. The van der Waals surface area contributed by atoms with Crippen molar-refractivity contribution in [1.82, 2.24) is 9.78 Å². The summed E-state index contributed by atoms with van der Waals surface area (Å²) in [4.78, 5) is 0. The molecule has 0 aromatic carbocycles. The van der Waals surface area contributed by atoms with Gasteiger partial charge in [0.2, 0.25) is 0 Å². The Hall–Kier alpha value is -1.23. The summed E-state index contributed by atoms with van der Waals surface area (Å²) in [5.74, 6) is 0.832. The van der Waals surface area contributed by atoms with E-state index in [9.17, 15) is 5.11 Å². The molecule has 0 amide bonds. The Kier molecular flexibility index (Phi) is 2.34. The Morgan fingerprint density at radius 3 is 2.67 bits per heavy atom. The predicted octanol–water partition coefficient (Wildman–Crippen LogP) is 0.501. The van der Waals surface area contributed by atoms with E-state index in [4.69, 9.17) is 5.73 Å². The van der Waals surface area contributed by atoms with Crippen LogP contribution in [-0.4, -0.2) is 27.0 Å². The number of anilines is 2. The van der Waals surface area contributed by atoms with Crippen molar-refractivity contribution in [2.45, 2.75) is 31.7 Å². The smallest absolute Gasteiger partial charge is 0.148 e. The third kappa shape index (κ3) is 1.67. The van der Waals surface area contributed by atoms with Gasteiger partial charge in [-0.25, -0.2) is 0 Å². The van der Waals surface area contributed by atoms with Crippen molar-refractivity contribution in [2.75, 3.05) is 17.7 Å². The normalized spacial score (nSPS) is 17.8. The van der Waals surface area contributed by atoms with Gasteiger partial charge in [0.05, 0.1) is 23.5 Å². The van der Waals surface area contributed by atoms with Crippen LogP contribution in [0.2, 0.25) is 0 Å². The zero-order chi connectivity index (χ0) is 11.1. The van der Waals surface area contributed by atoms with E-state index < -0.39 is 0 Å². The van der Waals surface area contributed by atoms with Crippen LogP contribution in [0.4, 0.5) is 11.5 Å². The van der Waals surface area contributed by atoms with Gasteiger partial charge in [-0.3, -0.25) is 4.68 Å². The maximum atomic E-state index is 9.23. The Balaban J connectivity index is 2.24. The summed E-state index contributed by atoms with van der Waals surface area (Å²) in [6, 6.07) is 0. The van der Waals surface area contributed by atoms with Gasteiger partial charge in [-0.1, -0.05) is 6.92 Å². The van der Waals surface area contributed by atoms with Crippen LogP contribution in [-0.2, 0) is 13.5 Å². The van der Waals surface area contributed by atoms with Crippen LogP contribution in [0.15, 0.2) is 0 Å². The molecule has 5 heteroatoms. The zero-order valence-corrected chi connectivity index (χ0v) is 9.25. The van der Waals surface area contributed by atoms with E-state index >= 15 is 0 Å². The lowest BCUT2D eigenvalue weighted by atomic mass is 10.2. The molecule has 0 aliphatic heterocycles. The minimum Gasteiger partial charge on any atom is -0.394 e. The third-order valence-corrected chi connectivity index (χ3v) is 3.04. The van der Waals surface area contributed by atoms with Crippen molar-refractivity contribution in [2.24, 2.45) is 7.05 Å². The molecule has 0 bridgehead atoms. The lowest BCUT2D eigenvalue weighted by Gasteiger charge is -2.16. The quantitative estimate of drug-likeness (QED) is 0.676. The number of aryl methyl sites for hydroxylation is 2. The first-order chi connectivity index (χ1) is 7.12. The molecule has 5 nitrogen and oxygen atoms in total. The number of aliphatic hydroxyl groups excluding tert-OH is 1. The van der Waals surface area contributed by atoms with E-state index in [1.807, 2.05) is 14.0 Å². The van der Waals surface area contributed by atoms with E-state index in [2.05, 4.69) is 10.4 Å². The summed E-state index contributed by atoms with van der Waals surface area (Å²) in [6.07, 6.45) is 2.82. The summed E-state index contributed by atoms with van der Waals surface area (Å²) in [7, 11) is 1.87. The highest BCUT2D eigenvalue weighted by Gasteiger charge is 2.43. The summed E-state index contributed by atoms with van der Waals surface area (Å²) in [5.41, 5.74) is 7.45. The molecule has 0 saturated heterocycles. The van der Waals surface area contributed by atoms with Crippen LogP contribution in [0, 0.1) is 0 Å². The monoisotopic (exact) mass is 210 g/mol. The second kappa shape index (κ2) is 3.41. The lowest BCUT2D eigenvalue weighted by Crippen LogP contribution is -2.27. The van der Waals surface area contributed by atoms with E-state index in [-0.39, 0.29) is 12.1 Å². The molecule has 1 saturated carbocycles. The molecule has 1 heterocycles. The van der Waals surface area contributed by atoms with E-state index in [1.54, 1.807) is 4.68 Å². The van der Waals surface area contributed by atoms with Gasteiger partial charge in [0.1, 0.15) is 5.82 Å². The van der Waals surface area contributed by atoms with E-state index in [0.29, 0.717) is 5.69 Å².